The molecule has 1 aliphatic rings. The number of aryl methyl sites for hydroxylation is 2. The predicted molar refractivity (Wildman–Crippen MR) is 174 cm³/mol. The van der Waals surface area contributed by atoms with E-state index in [2.05, 4.69) is 42.5 Å². The molecule has 7 heteroatoms. The van der Waals surface area contributed by atoms with Gasteiger partial charge >= 0.3 is 5.97 Å². The zero-order valence-corrected chi connectivity index (χ0v) is 25.9. The molecule has 0 spiro atoms. The van der Waals surface area contributed by atoms with Crippen molar-refractivity contribution in [3.8, 4) is 38.8 Å². The molecule has 1 unspecified atom stereocenters. The lowest BCUT2D eigenvalue weighted by atomic mass is 9.85. The molecule has 6 nitrogen and oxygen atoms in total. The molecule has 0 bridgehead atoms. The number of carboxylic acids is 1. The SMILES string of the molecule is CCC(C(=O)O)[C@@H]1CCc2cc(OCCc3nc(-c4ccc(-c5ccc(-c6ccc(C(C)=O)s6)cc5)cc4)oc3C)ccc21. The minimum absolute atomic E-state index is 0.0759. The van der Waals surface area contributed by atoms with E-state index < -0.39 is 5.97 Å². The van der Waals surface area contributed by atoms with Gasteiger partial charge in [0, 0.05) is 16.9 Å². The van der Waals surface area contributed by atoms with Crippen LogP contribution in [0.1, 0.15) is 64.9 Å². The first-order chi connectivity index (χ1) is 21.3. The van der Waals surface area contributed by atoms with Gasteiger partial charge in [0.1, 0.15) is 11.5 Å². The molecule has 0 fully saturated rings. The van der Waals surface area contributed by atoms with Crippen molar-refractivity contribution in [1.82, 2.24) is 4.98 Å². The second-order valence-corrected chi connectivity index (χ2v) is 12.4. The fraction of sp³-hybridized carbons (Fsp3) is 0.270. The predicted octanol–water partition coefficient (Wildman–Crippen LogP) is 9.01. The van der Waals surface area contributed by atoms with Crippen LogP contribution in [0.25, 0.3) is 33.0 Å². The third-order valence-electron chi connectivity index (χ3n) is 8.57. The molecule has 0 radical (unpaired) electrons. The largest absolute Gasteiger partial charge is 0.493 e. The summed E-state index contributed by atoms with van der Waals surface area (Å²) in [5, 5.41) is 9.60. The number of carbonyl (C=O) groups is 2. The molecule has 1 N–H and O–H groups in total. The fourth-order valence-electron chi connectivity index (χ4n) is 6.13. The number of hydrogen-bond acceptors (Lipinski definition) is 6. The Morgan fingerprint density at radius 3 is 2.30 bits per heavy atom. The summed E-state index contributed by atoms with van der Waals surface area (Å²) in [6.45, 7) is 5.94. The van der Waals surface area contributed by atoms with Gasteiger partial charge in [0.05, 0.1) is 23.1 Å². The van der Waals surface area contributed by atoms with Crippen molar-refractivity contribution >= 4 is 23.1 Å². The molecule has 0 aliphatic heterocycles. The van der Waals surface area contributed by atoms with E-state index in [9.17, 15) is 14.7 Å². The first kappa shape index (κ1) is 29.6. The van der Waals surface area contributed by atoms with Gasteiger partial charge in [-0.1, -0.05) is 49.4 Å². The number of fused-ring (bicyclic) bond motifs is 1. The number of ketones is 1. The Bertz CT molecular complexity index is 1800. The molecule has 6 rings (SSSR count). The molecule has 0 amide bonds. The first-order valence-electron chi connectivity index (χ1n) is 15.1. The Morgan fingerprint density at radius 1 is 0.977 bits per heavy atom. The maximum Gasteiger partial charge on any atom is 0.307 e. The maximum atomic E-state index is 11.7. The topological polar surface area (TPSA) is 89.6 Å². The van der Waals surface area contributed by atoms with Crippen LogP contribution in [-0.4, -0.2) is 28.4 Å². The number of aromatic nitrogens is 1. The van der Waals surface area contributed by atoms with Gasteiger partial charge in [-0.3, -0.25) is 9.59 Å². The second kappa shape index (κ2) is 12.6. The standard InChI is InChI=1S/C37H35NO5S/c1-4-30(37(40)41)32-15-13-28-21-29(14-16-31(28)32)42-20-19-33-23(3)43-36(38-33)27-11-7-25(8-12-27)24-5-9-26(10-6-24)35-18-17-34(44-35)22(2)39/h5-12,14,16-18,21,30,32H,4,13,15,19-20H2,1-3H3,(H,40,41)/t30?,32-/m0/s1. The van der Waals surface area contributed by atoms with Crippen molar-refractivity contribution in [2.24, 2.45) is 5.92 Å². The summed E-state index contributed by atoms with van der Waals surface area (Å²) in [5.74, 6) is 1.29. The lowest BCUT2D eigenvalue weighted by Gasteiger charge is -2.19. The number of rotatable bonds is 11. The minimum Gasteiger partial charge on any atom is -0.493 e. The van der Waals surface area contributed by atoms with Gasteiger partial charge in [-0.25, -0.2) is 4.98 Å². The van der Waals surface area contributed by atoms with Crippen LogP contribution in [0.2, 0.25) is 0 Å². The zero-order chi connectivity index (χ0) is 30.8. The van der Waals surface area contributed by atoms with Crippen LogP contribution in [0.4, 0.5) is 0 Å². The van der Waals surface area contributed by atoms with Crippen molar-refractivity contribution in [3.05, 3.63) is 106 Å². The Morgan fingerprint density at radius 2 is 1.66 bits per heavy atom. The Balaban J connectivity index is 1.07. The van der Waals surface area contributed by atoms with Gasteiger partial charge in [-0.15, -0.1) is 11.3 Å². The lowest BCUT2D eigenvalue weighted by Crippen LogP contribution is -2.19. The average Bonchev–Trinajstić information content (AvgIpc) is 3.77. The van der Waals surface area contributed by atoms with Gasteiger partial charge in [-0.2, -0.15) is 0 Å². The van der Waals surface area contributed by atoms with Gasteiger partial charge < -0.3 is 14.3 Å². The summed E-state index contributed by atoms with van der Waals surface area (Å²) in [4.78, 5) is 29.9. The third kappa shape index (κ3) is 6.10. The maximum absolute atomic E-state index is 11.7. The van der Waals surface area contributed by atoms with Crippen LogP contribution < -0.4 is 4.74 Å². The van der Waals surface area contributed by atoms with Crippen molar-refractivity contribution in [2.75, 3.05) is 6.61 Å². The highest BCUT2D eigenvalue weighted by atomic mass is 32.1. The highest BCUT2D eigenvalue weighted by Crippen LogP contribution is 2.41. The molecule has 0 saturated heterocycles. The van der Waals surface area contributed by atoms with E-state index >= 15 is 0 Å². The molecular weight excluding hydrogens is 570 g/mol. The van der Waals surface area contributed by atoms with E-state index in [0.717, 1.165) is 67.6 Å². The molecule has 224 valence electrons. The van der Waals surface area contributed by atoms with Crippen LogP contribution >= 0.6 is 11.3 Å². The van der Waals surface area contributed by atoms with Gasteiger partial charge in [0.25, 0.3) is 0 Å². The van der Waals surface area contributed by atoms with Crippen molar-refractivity contribution in [2.45, 2.75) is 52.4 Å². The summed E-state index contributed by atoms with van der Waals surface area (Å²) in [6.07, 6.45) is 3.01. The van der Waals surface area contributed by atoms with E-state index in [0.29, 0.717) is 25.3 Å². The van der Waals surface area contributed by atoms with E-state index in [1.165, 1.54) is 16.9 Å². The Labute approximate surface area is 261 Å². The number of carbonyl (C=O) groups excluding carboxylic acids is 1. The number of nitrogens with zero attached hydrogens (tertiary/aromatic N) is 1. The zero-order valence-electron chi connectivity index (χ0n) is 25.1. The second-order valence-electron chi connectivity index (χ2n) is 11.4. The van der Waals surface area contributed by atoms with Crippen LogP contribution in [0.15, 0.2) is 83.3 Å². The molecular formula is C37H35NO5S. The number of hydrogen-bond donors (Lipinski definition) is 1. The molecule has 2 atom stereocenters. The highest BCUT2D eigenvalue weighted by molar-refractivity contribution is 7.17. The number of carboxylic acid groups (broad SMARTS) is 1. The molecule has 2 aromatic heterocycles. The smallest absolute Gasteiger partial charge is 0.307 e. The number of oxazole rings is 1. The minimum atomic E-state index is -0.713. The monoisotopic (exact) mass is 605 g/mol. The summed E-state index contributed by atoms with van der Waals surface area (Å²) in [5.41, 5.74) is 7.43. The fourth-order valence-corrected chi connectivity index (χ4v) is 7.04. The van der Waals surface area contributed by atoms with Gasteiger partial charge in [0.2, 0.25) is 5.89 Å². The van der Waals surface area contributed by atoms with Crippen LogP contribution in [0.3, 0.4) is 0 Å². The van der Waals surface area contributed by atoms with E-state index in [1.807, 2.05) is 50.2 Å². The molecule has 5 aromatic rings. The number of benzene rings is 3. The normalized spacial score (nSPS) is 14.8. The van der Waals surface area contributed by atoms with Crippen LogP contribution in [0, 0.1) is 12.8 Å². The first-order valence-corrected chi connectivity index (χ1v) is 15.9. The number of aliphatic carboxylic acids is 1. The van der Waals surface area contributed by atoms with Gasteiger partial charge in [-0.05, 0) is 103 Å². The Kier molecular flexibility index (Phi) is 8.49. The highest BCUT2D eigenvalue weighted by Gasteiger charge is 2.33. The molecule has 44 heavy (non-hydrogen) atoms. The van der Waals surface area contributed by atoms with E-state index in [1.54, 1.807) is 6.92 Å². The molecule has 1 aliphatic carbocycles. The lowest BCUT2D eigenvalue weighted by molar-refractivity contribution is -0.142. The Hall–Kier alpha value is -4.49. The van der Waals surface area contributed by atoms with Crippen LogP contribution in [-0.2, 0) is 17.6 Å². The van der Waals surface area contributed by atoms with Crippen molar-refractivity contribution in [3.63, 3.8) is 0 Å². The number of ether oxygens (including phenoxy) is 1. The summed E-state index contributed by atoms with van der Waals surface area (Å²) in [6, 6.07) is 26.5. The average molecular weight is 606 g/mol. The van der Waals surface area contributed by atoms with Crippen molar-refractivity contribution < 1.29 is 23.8 Å². The van der Waals surface area contributed by atoms with E-state index in [-0.39, 0.29) is 17.6 Å². The molecule has 2 heterocycles. The quantitative estimate of drug-likeness (QED) is 0.151. The summed E-state index contributed by atoms with van der Waals surface area (Å²) >= 11 is 1.52. The van der Waals surface area contributed by atoms with Crippen LogP contribution in [0.5, 0.6) is 5.75 Å². The summed E-state index contributed by atoms with van der Waals surface area (Å²) in [7, 11) is 0. The van der Waals surface area contributed by atoms with Gasteiger partial charge in [0.15, 0.2) is 5.78 Å². The third-order valence-corrected chi connectivity index (χ3v) is 9.80. The molecule has 0 saturated carbocycles. The number of thiophene rings is 1. The number of Topliss-reactive ketones (excluding diaryl/α,β-unsaturated/α-hetero) is 1. The molecule has 3 aromatic carbocycles. The van der Waals surface area contributed by atoms with E-state index in [4.69, 9.17) is 14.1 Å². The summed E-state index contributed by atoms with van der Waals surface area (Å²) < 4.78 is 12.1. The van der Waals surface area contributed by atoms with Crippen molar-refractivity contribution in [1.29, 1.82) is 0 Å².